The molecule has 0 bridgehead atoms. The number of carbonyl (C=O) groups excluding carboxylic acids is 1. The minimum absolute atomic E-state index is 0.0550. The van der Waals surface area contributed by atoms with Crippen LogP contribution in [0.2, 0.25) is 0 Å². The summed E-state index contributed by atoms with van der Waals surface area (Å²) in [6.45, 7) is 0.587. The molecule has 0 saturated carbocycles. The molecular weight excluding hydrogens is 368 g/mol. The number of aliphatic hydroxyl groups excluding tert-OH is 2. The predicted octanol–water partition coefficient (Wildman–Crippen LogP) is -1.31. The maximum atomic E-state index is 11.1. The Labute approximate surface area is 160 Å². The summed E-state index contributed by atoms with van der Waals surface area (Å²) in [6.07, 6.45) is -2.91. The molecule has 1 saturated heterocycles. The number of hydrogen-bond donors (Lipinski definition) is 4. The zero-order valence-corrected chi connectivity index (χ0v) is 14.8. The Morgan fingerprint density at radius 1 is 1.39 bits per heavy atom. The van der Waals surface area contributed by atoms with Crippen LogP contribution in [0.1, 0.15) is 22.4 Å². The van der Waals surface area contributed by atoms with Crippen LogP contribution in [0.15, 0.2) is 30.6 Å². The number of nitrogens with two attached hydrogens (primary N) is 1. The molecule has 2 heterocycles. The van der Waals surface area contributed by atoms with Gasteiger partial charge in [-0.15, -0.1) is 5.10 Å². The molecule has 11 nitrogen and oxygen atoms in total. The number of nitriles is 1. The molecule has 0 radical (unpaired) electrons. The minimum atomic E-state index is -1.25. The highest BCUT2D eigenvalue weighted by Gasteiger charge is 2.44. The van der Waals surface area contributed by atoms with Crippen molar-refractivity contribution >= 4 is 5.91 Å². The molecule has 28 heavy (non-hydrogen) atoms. The van der Waals surface area contributed by atoms with E-state index in [0.29, 0.717) is 12.3 Å². The smallest absolute Gasteiger partial charge is 0.288 e. The first-order valence-electron chi connectivity index (χ1n) is 8.52. The van der Waals surface area contributed by atoms with Gasteiger partial charge in [0.2, 0.25) is 5.82 Å². The molecule has 5 N–H and O–H groups in total. The van der Waals surface area contributed by atoms with Crippen LogP contribution in [0, 0.1) is 11.3 Å². The molecule has 0 aliphatic carbocycles. The summed E-state index contributed by atoms with van der Waals surface area (Å²) in [4.78, 5) is 14.8. The van der Waals surface area contributed by atoms with Crippen LogP contribution < -0.4 is 15.8 Å². The van der Waals surface area contributed by atoms with E-state index < -0.39 is 30.4 Å². The van der Waals surface area contributed by atoms with Gasteiger partial charge in [0.25, 0.3) is 5.91 Å². The van der Waals surface area contributed by atoms with E-state index in [0.717, 1.165) is 10.2 Å². The lowest BCUT2D eigenvalue weighted by atomic mass is 10.1. The molecular formula is C17H20N6O5. The van der Waals surface area contributed by atoms with E-state index in [1.807, 2.05) is 18.2 Å². The number of ether oxygens (including phenoxy) is 2. The lowest BCUT2D eigenvalue weighted by molar-refractivity contribution is -0.0439. The number of nitrogens with zero attached hydrogens (tertiary/aromatic N) is 4. The minimum Gasteiger partial charge on any atom is -0.478 e. The molecule has 1 aliphatic rings. The van der Waals surface area contributed by atoms with E-state index in [9.17, 15) is 15.0 Å². The standard InChI is InChI=1S/C17H20N6O5/c18-5-6-27-11-4-2-1-3-10(11)7-20-8-12-13(24)14(25)17(28-12)23-9-21-16(22-23)15(19)26/h1-4,9,12-14,17,20,24-25H,6-8H2,(H2,19,26)/t12-,13-,14-,17-/m1/s1. The normalized spacial score (nSPS) is 24.0. The van der Waals surface area contributed by atoms with Crippen molar-refractivity contribution in [1.82, 2.24) is 20.1 Å². The van der Waals surface area contributed by atoms with Crippen molar-refractivity contribution < 1.29 is 24.5 Å². The zero-order chi connectivity index (χ0) is 20.1. The van der Waals surface area contributed by atoms with Gasteiger partial charge < -0.3 is 30.7 Å². The average Bonchev–Trinajstić information content (AvgIpc) is 3.28. The summed E-state index contributed by atoms with van der Waals surface area (Å²) in [5, 5.41) is 36.1. The summed E-state index contributed by atoms with van der Waals surface area (Å²) in [5.41, 5.74) is 5.95. The Hall–Kier alpha value is -3.04. The average molecular weight is 388 g/mol. The van der Waals surface area contributed by atoms with Gasteiger partial charge in [0, 0.05) is 18.7 Å². The van der Waals surface area contributed by atoms with Crippen LogP contribution in [0.25, 0.3) is 0 Å². The van der Waals surface area contributed by atoms with Crippen molar-refractivity contribution in [3.05, 3.63) is 42.0 Å². The number of para-hydroxylation sites is 1. The highest BCUT2D eigenvalue weighted by molar-refractivity contribution is 5.88. The van der Waals surface area contributed by atoms with Crippen molar-refractivity contribution in [2.75, 3.05) is 13.2 Å². The third-order valence-electron chi connectivity index (χ3n) is 4.25. The Balaban J connectivity index is 1.58. The molecule has 1 aromatic carbocycles. The molecule has 1 amide bonds. The molecule has 1 fully saturated rings. The lowest BCUT2D eigenvalue weighted by Crippen LogP contribution is -2.37. The Bertz CT molecular complexity index is 866. The third-order valence-corrected chi connectivity index (χ3v) is 4.25. The summed E-state index contributed by atoms with van der Waals surface area (Å²) >= 11 is 0. The van der Waals surface area contributed by atoms with Crippen molar-refractivity contribution in [3.8, 4) is 11.8 Å². The van der Waals surface area contributed by atoms with Crippen molar-refractivity contribution in [3.63, 3.8) is 0 Å². The molecule has 3 rings (SSSR count). The van der Waals surface area contributed by atoms with Gasteiger partial charge in [-0.3, -0.25) is 4.79 Å². The SMILES string of the molecule is N#CCOc1ccccc1CNC[C@H]1O[C@@H](n2cnc(C(N)=O)n2)[C@H](O)[C@@H]1O. The first-order chi connectivity index (χ1) is 13.5. The van der Waals surface area contributed by atoms with Gasteiger partial charge in [-0.05, 0) is 6.07 Å². The highest BCUT2D eigenvalue weighted by Crippen LogP contribution is 2.28. The molecule has 148 valence electrons. The Morgan fingerprint density at radius 2 is 2.18 bits per heavy atom. The van der Waals surface area contributed by atoms with Crippen molar-refractivity contribution in [2.45, 2.75) is 31.1 Å². The number of aromatic nitrogens is 3. The number of benzene rings is 1. The van der Waals surface area contributed by atoms with E-state index in [1.165, 1.54) is 6.33 Å². The summed E-state index contributed by atoms with van der Waals surface area (Å²) in [6, 6.07) is 9.18. The maximum Gasteiger partial charge on any atom is 0.288 e. The fourth-order valence-corrected chi connectivity index (χ4v) is 2.88. The van der Waals surface area contributed by atoms with Gasteiger partial charge >= 0.3 is 0 Å². The van der Waals surface area contributed by atoms with E-state index >= 15 is 0 Å². The molecule has 4 atom stereocenters. The second kappa shape index (κ2) is 8.77. The topological polar surface area (TPSA) is 169 Å². The van der Waals surface area contributed by atoms with Crippen molar-refractivity contribution in [2.24, 2.45) is 5.73 Å². The molecule has 0 unspecified atom stereocenters. The monoisotopic (exact) mass is 388 g/mol. The van der Waals surface area contributed by atoms with Gasteiger partial charge in [-0.2, -0.15) is 5.26 Å². The first kappa shape index (κ1) is 19.7. The van der Waals surface area contributed by atoms with E-state index in [2.05, 4.69) is 15.4 Å². The number of primary amides is 1. The quantitative estimate of drug-likeness (QED) is 0.429. The van der Waals surface area contributed by atoms with Gasteiger partial charge in [0.15, 0.2) is 12.8 Å². The maximum absolute atomic E-state index is 11.1. The number of amides is 1. The van der Waals surface area contributed by atoms with Crippen LogP contribution in [-0.4, -0.2) is 62.3 Å². The van der Waals surface area contributed by atoms with E-state index in [1.54, 1.807) is 12.1 Å². The molecule has 0 spiro atoms. The number of hydrogen-bond acceptors (Lipinski definition) is 9. The van der Waals surface area contributed by atoms with Crippen LogP contribution in [0.3, 0.4) is 0 Å². The van der Waals surface area contributed by atoms with E-state index in [-0.39, 0.29) is 19.0 Å². The number of rotatable bonds is 8. The number of aliphatic hydroxyl groups is 2. The Kier molecular flexibility index (Phi) is 6.17. The van der Waals surface area contributed by atoms with Crippen molar-refractivity contribution in [1.29, 1.82) is 5.26 Å². The van der Waals surface area contributed by atoms with Gasteiger partial charge in [-0.25, -0.2) is 9.67 Å². The van der Waals surface area contributed by atoms with Gasteiger partial charge in [0.1, 0.15) is 36.5 Å². The summed E-state index contributed by atoms with van der Waals surface area (Å²) in [5.74, 6) is -0.424. The van der Waals surface area contributed by atoms with Crippen LogP contribution >= 0.6 is 0 Å². The zero-order valence-electron chi connectivity index (χ0n) is 14.8. The number of nitrogens with one attached hydrogen (secondary N) is 1. The largest absolute Gasteiger partial charge is 0.478 e. The third kappa shape index (κ3) is 4.26. The second-order valence-corrected chi connectivity index (χ2v) is 6.14. The fourth-order valence-electron chi connectivity index (χ4n) is 2.88. The molecule has 1 aromatic heterocycles. The molecule has 11 heteroatoms. The number of carbonyl (C=O) groups is 1. The van der Waals surface area contributed by atoms with Crippen LogP contribution in [-0.2, 0) is 11.3 Å². The first-order valence-corrected chi connectivity index (χ1v) is 8.52. The molecule has 2 aromatic rings. The highest BCUT2D eigenvalue weighted by atomic mass is 16.6. The van der Waals surface area contributed by atoms with Gasteiger partial charge in [0.05, 0.1) is 0 Å². The van der Waals surface area contributed by atoms with E-state index in [4.69, 9.17) is 20.5 Å². The molecule has 1 aliphatic heterocycles. The predicted molar refractivity (Wildman–Crippen MR) is 93.7 cm³/mol. The summed E-state index contributed by atoms with van der Waals surface area (Å²) in [7, 11) is 0. The Morgan fingerprint density at radius 3 is 2.89 bits per heavy atom. The summed E-state index contributed by atoms with van der Waals surface area (Å²) < 4.78 is 12.2. The fraction of sp³-hybridized carbons (Fsp3) is 0.412. The lowest BCUT2D eigenvalue weighted by Gasteiger charge is -2.16. The van der Waals surface area contributed by atoms with Crippen LogP contribution in [0.4, 0.5) is 0 Å². The van der Waals surface area contributed by atoms with Gasteiger partial charge in [-0.1, -0.05) is 18.2 Å². The second-order valence-electron chi connectivity index (χ2n) is 6.14. The van der Waals surface area contributed by atoms with Crippen LogP contribution in [0.5, 0.6) is 5.75 Å².